The van der Waals surface area contributed by atoms with E-state index < -0.39 is 12.0 Å². The Morgan fingerprint density at radius 1 is 1.27 bits per heavy atom. The first-order valence-electron chi connectivity index (χ1n) is 9.91. The number of carbonyl (C=O) groups excluding carboxylic acids is 2. The van der Waals surface area contributed by atoms with Crippen LogP contribution in [0.1, 0.15) is 48.0 Å². The van der Waals surface area contributed by atoms with Crippen LogP contribution in [-0.2, 0) is 9.59 Å². The Morgan fingerprint density at radius 2 is 1.97 bits per heavy atom. The van der Waals surface area contributed by atoms with Gasteiger partial charge in [-0.15, -0.1) is 0 Å². The highest BCUT2D eigenvalue weighted by Gasteiger charge is 2.28. The molecule has 10 heteroatoms. The zero-order valence-electron chi connectivity index (χ0n) is 16.9. The number of phenolic OH excluding ortho intramolecular Hbond substituents is 1. The predicted molar refractivity (Wildman–Crippen MR) is 109 cm³/mol. The van der Waals surface area contributed by atoms with Crippen molar-refractivity contribution in [3.63, 3.8) is 0 Å². The SMILES string of the molecule is Cc1ccc(C(=O)NCC2CCC(C(=O)N[C@H](CN=[N+]=[N-])CC(=O)O)CC2)c(O)c1. The summed E-state index contributed by atoms with van der Waals surface area (Å²) in [5.41, 5.74) is 9.51. The number of carbonyl (C=O) groups is 3. The Kier molecular flexibility index (Phi) is 8.49. The predicted octanol–water partition coefficient (Wildman–Crippen LogP) is 2.51. The minimum atomic E-state index is -1.08. The molecule has 1 saturated carbocycles. The zero-order valence-corrected chi connectivity index (χ0v) is 16.9. The van der Waals surface area contributed by atoms with Gasteiger partial charge in [0.1, 0.15) is 5.75 Å². The minimum Gasteiger partial charge on any atom is -0.507 e. The van der Waals surface area contributed by atoms with Gasteiger partial charge < -0.3 is 20.8 Å². The summed E-state index contributed by atoms with van der Waals surface area (Å²) in [4.78, 5) is 38.2. The van der Waals surface area contributed by atoms with Crippen LogP contribution >= 0.6 is 0 Å². The van der Waals surface area contributed by atoms with Gasteiger partial charge in [0.2, 0.25) is 5.91 Å². The summed E-state index contributed by atoms with van der Waals surface area (Å²) in [5, 5.41) is 27.7. The highest BCUT2D eigenvalue weighted by atomic mass is 16.4. The Bertz CT molecular complexity index is 825. The molecule has 4 N–H and O–H groups in total. The van der Waals surface area contributed by atoms with Crippen LogP contribution in [0, 0.1) is 18.8 Å². The van der Waals surface area contributed by atoms with Gasteiger partial charge in [-0.05, 0) is 61.8 Å². The largest absolute Gasteiger partial charge is 0.507 e. The fourth-order valence-corrected chi connectivity index (χ4v) is 3.62. The summed E-state index contributed by atoms with van der Waals surface area (Å²) >= 11 is 0. The first-order chi connectivity index (χ1) is 14.3. The van der Waals surface area contributed by atoms with Crippen molar-refractivity contribution in [2.24, 2.45) is 17.0 Å². The van der Waals surface area contributed by atoms with Crippen molar-refractivity contribution < 1.29 is 24.6 Å². The molecule has 0 aliphatic heterocycles. The molecular formula is C20H27N5O5. The number of nitrogens with one attached hydrogen (secondary N) is 2. The van der Waals surface area contributed by atoms with Crippen molar-refractivity contribution in [1.82, 2.24) is 10.6 Å². The summed E-state index contributed by atoms with van der Waals surface area (Å²) in [6.45, 7) is 2.18. The number of benzene rings is 1. The number of aliphatic carboxylic acids is 1. The fraction of sp³-hybridized carbons (Fsp3) is 0.550. The second-order valence-corrected chi connectivity index (χ2v) is 7.67. The van der Waals surface area contributed by atoms with E-state index in [4.69, 9.17) is 10.6 Å². The molecule has 1 fully saturated rings. The average molecular weight is 417 g/mol. The van der Waals surface area contributed by atoms with Crippen LogP contribution < -0.4 is 10.6 Å². The maximum absolute atomic E-state index is 12.4. The lowest BCUT2D eigenvalue weighted by Gasteiger charge is -2.29. The quantitative estimate of drug-likeness (QED) is 0.275. The molecule has 0 spiro atoms. The molecule has 0 unspecified atom stereocenters. The first kappa shape index (κ1) is 23.0. The lowest BCUT2D eigenvalue weighted by molar-refractivity contribution is -0.137. The van der Waals surface area contributed by atoms with Gasteiger partial charge in [0.05, 0.1) is 12.0 Å². The second kappa shape index (κ2) is 11.1. The standard InChI is InChI=1S/C20H27N5O5/c1-12-2-7-16(17(26)8-12)20(30)22-10-13-3-5-14(6-4-13)19(29)24-15(9-18(27)28)11-23-25-21/h2,7-8,13-15,26H,3-6,9-11H2,1H3,(H,22,30)(H,24,29)(H,27,28)/t13?,14?,15-/m0/s1. The summed E-state index contributed by atoms with van der Waals surface area (Å²) in [5.74, 6) is -1.70. The van der Waals surface area contributed by atoms with Crippen LogP contribution in [0.5, 0.6) is 5.75 Å². The molecule has 0 bridgehead atoms. The van der Waals surface area contributed by atoms with E-state index in [2.05, 4.69) is 20.7 Å². The van der Waals surface area contributed by atoms with Gasteiger partial charge >= 0.3 is 5.97 Å². The van der Waals surface area contributed by atoms with E-state index in [0.29, 0.717) is 19.4 Å². The Labute approximate surface area is 174 Å². The molecule has 1 aromatic carbocycles. The van der Waals surface area contributed by atoms with E-state index in [1.54, 1.807) is 12.1 Å². The van der Waals surface area contributed by atoms with Gasteiger partial charge in [-0.3, -0.25) is 14.4 Å². The third-order valence-electron chi connectivity index (χ3n) is 5.30. The molecule has 30 heavy (non-hydrogen) atoms. The van der Waals surface area contributed by atoms with Gasteiger partial charge in [-0.25, -0.2) is 0 Å². The second-order valence-electron chi connectivity index (χ2n) is 7.67. The number of azide groups is 1. The Balaban J connectivity index is 1.79. The van der Waals surface area contributed by atoms with Gasteiger partial charge in [0, 0.05) is 30.0 Å². The summed E-state index contributed by atoms with van der Waals surface area (Å²) in [7, 11) is 0. The lowest BCUT2D eigenvalue weighted by atomic mass is 9.81. The van der Waals surface area contributed by atoms with Crippen molar-refractivity contribution in [3.8, 4) is 5.75 Å². The molecular weight excluding hydrogens is 390 g/mol. The number of nitrogens with zero attached hydrogens (tertiary/aromatic N) is 3. The third-order valence-corrected chi connectivity index (χ3v) is 5.30. The Morgan fingerprint density at radius 3 is 2.57 bits per heavy atom. The highest BCUT2D eigenvalue weighted by Crippen LogP contribution is 2.29. The zero-order chi connectivity index (χ0) is 22.1. The number of hydrogen-bond acceptors (Lipinski definition) is 5. The maximum Gasteiger partial charge on any atom is 0.305 e. The third kappa shape index (κ3) is 6.97. The average Bonchev–Trinajstić information content (AvgIpc) is 2.70. The van der Waals surface area contributed by atoms with Crippen molar-refractivity contribution in [1.29, 1.82) is 0 Å². The van der Waals surface area contributed by atoms with Crippen LogP contribution in [0.25, 0.3) is 10.4 Å². The lowest BCUT2D eigenvalue weighted by Crippen LogP contribution is -2.43. The maximum atomic E-state index is 12.4. The molecule has 10 nitrogen and oxygen atoms in total. The molecule has 0 heterocycles. The van der Waals surface area contributed by atoms with Gasteiger partial charge in [0.15, 0.2) is 0 Å². The molecule has 1 aliphatic carbocycles. The number of carboxylic acids is 1. The molecule has 1 aromatic rings. The summed E-state index contributed by atoms with van der Waals surface area (Å²) < 4.78 is 0. The van der Waals surface area contributed by atoms with E-state index in [1.165, 1.54) is 6.07 Å². The molecule has 0 radical (unpaired) electrons. The van der Waals surface area contributed by atoms with Crippen molar-refractivity contribution >= 4 is 17.8 Å². The molecule has 162 valence electrons. The number of hydrogen-bond donors (Lipinski definition) is 4. The number of aryl methyl sites for hydroxylation is 1. The highest BCUT2D eigenvalue weighted by molar-refractivity contribution is 5.96. The molecule has 1 aliphatic rings. The number of aromatic hydroxyl groups is 1. The Hall–Kier alpha value is -3.26. The molecule has 0 aromatic heterocycles. The van der Waals surface area contributed by atoms with E-state index in [9.17, 15) is 19.5 Å². The van der Waals surface area contributed by atoms with Gasteiger partial charge in [-0.2, -0.15) is 0 Å². The van der Waals surface area contributed by atoms with E-state index in [1.807, 2.05) is 6.92 Å². The number of carboxylic acid groups (broad SMARTS) is 1. The monoisotopic (exact) mass is 417 g/mol. The summed E-state index contributed by atoms with van der Waals surface area (Å²) in [6.07, 6.45) is 2.45. The van der Waals surface area contributed by atoms with E-state index >= 15 is 0 Å². The fourth-order valence-electron chi connectivity index (χ4n) is 3.62. The van der Waals surface area contributed by atoms with Crippen LogP contribution in [-0.4, -0.2) is 47.1 Å². The van der Waals surface area contributed by atoms with E-state index in [-0.39, 0.29) is 47.9 Å². The van der Waals surface area contributed by atoms with Crippen LogP contribution in [0.3, 0.4) is 0 Å². The molecule has 2 amide bonds. The number of rotatable bonds is 9. The van der Waals surface area contributed by atoms with Crippen LogP contribution in [0.4, 0.5) is 0 Å². The smallest absolute Gasteiger partial charge is 0.305 e. The van der Waals surface area contributed by atoms with Gasteiger partial charge in [-0.1, -0.05) is 11.2 Å². The normalized spacial score (nSPS) is 19.2. The molecule has 2 rings (SSSR count). The van der Waals surface area contributed by atoms with Crippen molar-refractivity contribution in [3.05, 3.63) is 39.8 Å². The summed E-state index contributed by atoms with van der Waals surface area (Å²) in [6, 6.07) is 4.16. The van der Waals surface area contributed by atoms with Crippen LogP contribution in [0.2, 0.25) is 0 Å². The molecule has 1 atom stereocenters. The van der Waals surface area contributed by atoms with Crippen LogP contribution in [0.15, 0.2) is 23.3 Å². The minimum absolute atomic E-state index is 0.0514. The van der Waals surface area contributed by atoms with Crippen molar-refractivity contribution in [2.75, 3.05) is 13.1 Å². The number of phenols is 1. The van der Waals surface area contributed by atoms with Gasteiger partial charge in [0.25, 0.3) is 5.91 Å². The van der Waals surface area contributed by atoms with Crippen molar-refractivity contribution in [2.45, 2.75) is 45.1 Å². The molecule has 0 saturated heterocycles. The topological polar surface area (TPSA) is 164 Å². The van der Waals surface area contributed by atoms with E-state index in [0.717, 1.165) is 18.4 Å². The number of amides is 2. The first-order valence-corrected chi connectivity index (χ1v) is 9.91.